The van der Waals surface area contributed by atoms with Crippen LogP contribution < -0.4 is 5.32 Å². The standard InChI is InChI=1S/C16H19N3O3S/c1-11-13-4-3-6-18(13)7-8-19(11)10-14(20)17-12-5-9-23-15(12)16(21)22-2/h3-6,9,11H,7-8,10H2,1-2H3,(H,17,20). The minimum Gasteiger partial charge on any atom is -0.465 e. The molecule has 7 heteroatoms. The van der Waals surface area contributed by atoms with Crippen LogP contribution in [0.5, 0.6) is 0 Å². The lowest BCUT2D eigenvalue weighted by Crippen LogP contribution is -2.41. The van der Waals surface area contributed by atoms with Gasteiger partial charge in [0.25, 0.3) is 0 Å². The van der Waals surface area contributed by atoms with Gasteiger partial charge in [-0.3, -0.25) is 9.69 Å². The number of anilines is 1. The molecule has 0 aromatic carbocycles. The molecule has 3 rings (SSSR count). The van der Waals surface area contributed by atoms with Gasteiger partial charge in [0.05, 0.1) is 19.3 Å². The summed E-state index contributed by atoms with van der Waals surface area (Å²) in [4.78, 5) is 26.5. The predicted molar refractivity (Wildman–Crippen MR) is 88.7 cm³/mol. The fourth-order valence-corrected chi connectivity index (χ4v) is 3.64. The summed E-state index contributed by atoms with van der Waals surface area (Å²) in [6.45, 7) is 4.10. The summed E-state index contributed by atoms with van der Waals surface area (Å²) < 4.78 is 6.94. The number of fused-ring (bicyclic) bond motifs is 1. The van der Waals surface area contributed by atoms with Crippen molar-refractivity contribution >= 4 is 28.9 Å². The largest absolute Gasteiger partial charge is 0.465 e. The molecule has 0 spiro atoms. The number of methoxy groups -OCH3 is 1. The first-order valence-corrected chi connectivity index (χ1v) is 8.33. The fourth-order valence-electron chi connectivity index (χ4n) is 2.88. The van der Waals surface area contributed by atoms with Gasteiger partial charge in [0.2, 0.25) is 5.91 Å². The average molecular weight is 333 g/mol. The third kappa shape index (κ3) is 3.16. The zero-order valence-electron chi connectivity index (χ0n) is 13.1. The molecular weight excluding hydrogens is 314 g/mol. The molecule has 1 amide bonds. The van der Waals surface area contributed by atoms with Crippen molar-refractivity contribution in [2.45, 2.75) is 19.5 Å². The molecule has 0 bridgehead atoms. The molecule has 1 unspecified atom stereocenters. The molecule has 0 fully saturated rings. The van der Waals surface area contributed by atoms with Crippen LogP contribution in [0.2, 0.25) is 0 Å². The minimum atomic E-state index is -0.431. The maximum atomic E-state index is 12.3. The van der Waals surface area contributed by atoms with Crippen LogP contribution in [0.1, 0.15) is 28.3 Å². The third-order valence-electron chi connectivity index (χ3n) is 4.13. The first kappa shape index (κ1) is 15.8. The van der Waals surface area contributed by atoms with E-state index < -0.39 is 5.97 Å². The molecule has 0 saturated heterocycles. The van der Waals surface area contributed by atoms with E-state index in [1.165, 1.54) is 24.1 Å². The van der Waals surface area contributed by atoms with Crippen molar-refractivity contribution in [3.05, 3.63) is 40.3 Å². The van der Waals surface area contributed by atoms with Gasteiger partial charge in [0.1, 0.15) is 4.88 Å². The molecule has 1 N–H and O–H groups in total. The van der Waals surface area contributed by atoms with E-state index in [1.807, 2.05) is 6.07 Å². The number of amides is 1. The number of hydrogen-bond acceptors (Lipinski definition) is 5. The first-order chi connectivity index (χ1) is 11.1. The van der Waals surface area contributed by atoms with E-state index in [0.717, 1.165) is 13.1 Å². The maximum absolute atomic E-state index is 12.3. The van der Waals surface area contributed by atoms with E-state index in [4.69, 9.17) is 4.74 Å². The van der Waals surface area contributed by atoms with Crippen LogP contribution >= 0.6 is 11.3 Å². The second-order valence-electron chi connectivity index (χ2n) is 5.48. The molecule has 0 aliphatic carbocycles. The Morgan fingerprint density at radius 3 is 3.00 bits per heavy atom. The maximum Gasteiger partial charge on any atom is 0.350 e. The molecule has 23 heavy (non-hydrogen) atoms. The highest BCUT2D eigenvalue weighted by Gasteiger charge is 2.25. The van der Waals surface area contributed by atoms with Gasteiger partial charge in [-0.1, -0.05) is 0 Å². The topological polar surface area (TPSA) is 63.6 Å². The van der Waals surface area contributed by atoms with E-state index in [9.17, 15) is 9.59 Å². The molecular formula is C16H19N3O3S. The number of nitrogens with one attached hydrogen (secondary N) is 1. The number of carbonyl (C=O) groups is 2. The Kier molecular flexibility index (Phi) is 4.49. The quantitative estimate of drug-likeness (QED) is 0.873. The van der Waals surface area contributed by atoms with E-state index >= 15 is 0 Å². The van der Waals surface area contributed by atoms with E-state index in [2.05, 4.69) is 34.0 Å². The van der Waals surface area contributed by atoms with Gasteiger partial charge >= 0.3 is 5.97 Å². The lowest BCUT2D eigenvalue weighted by atomic mass is 10.1. The molecule has 3 heterocycles. The first-order valence-electron chi connectivity index (χ1n) is 7.45. The van der Waals surface area contributed by atoms with E-state index in [0.29, 0.717) is 17.1 Å². The second kappa shape index (κ2) is 6.55. The number of rotatable bonds is 4. The van der Waals surface area contributed by atoms with Gasteiger partial charge in [-0.15, -0.1) is 11.3 Å². The number of carbonyl (C=O) groups excluding carboxylic acids is 2. The summed E-state index contributed by atoms with van der Waals surface area (Å²) in [6.07, 6.45) is 2.07. The van der Waals surface area contributed by atoms with Crippen molar-refractivity contribution < 1.29 is 14.3 Å². The zero-order valence-corrected chi connectivity index (χ0v) is 13.9. The Bertz CT molecular complexity index is 722. The summed E-state index contributed by atoms with van der Waals surface area (Å²) >= 11 is 1.26. The van der Waals surface area contributed by atoms with Crippen LogP contribution in [0, 0.1) is 0 Å². The molecule has 1 aliphatic heterocycles. The van der Waals surface area contributed by atoms with E-state index in [1.54, 1.807) is 11.4 Å². The number of hydrogen-bond donors (Lipinski definition) is 1. The Balaban J connectivity index is 1.65. The number of nitrogens with zero attached hydrogens (tertiary/aromatic N) is 2. The second-order valence-corrected chi connectivity index (χ2v) is 6.39. The summed E-state index contributed by atoms with van der Waals surface area (Å²) in [7, 11) is 1.33. The molecule has 122 valence electrons. The van der Waals surface area contributed by atoms with Crippen molar-refractivity contribution in [2.24, 2.45) is 0 Å². The molecule has 0 saturated carbocycles. The number of aromatic nitrogens is 1. The Morgan fingerprint density at radius 2 is 2.22 bits per heavy atom. The normalized spacial score (nSPS) is 17.6. The highest BCUT2D eigenvalue weighted by atomic mass is 32.1. The lowest BCUT2D eigenvalue weighted by molar-refractivity contribution is -0.118. The SMILES string of the molecule is COC(=O)c1sccc1NC(=O)CN1CCn2cccc2C1C. The Hall–Kier alpha value is -2.12. The van der Waals surface area contributed by atoms with Crippen LogP contribution in [0.4, 0.5) is 5.69 Å². The number of ether oxygens (including phenoxy) is 1. The summed E-state index contributed by atoms with van der Waals surface area (Å²) in [5.74, 6) is -0.556. The van der Waals surface area contributed by atoms with Gasteiger partial charge < -0.3 is 14.6 Å². The van der Waals surface area contributed by atoms with Gasteiger partial charge in [0.15, 0.2) is 0 Å². The van der Waals surface area contributed by atoms with Crippen LogP contribution in [0.15, 0.2) is 29.8 Å². The van der Waals surface area contributed by atoms with Crippen molar-refractivity contribution in [1.82, 2.24) is 9.47 Å². The molecule has 0 radical (unpaired) electrons. The highest BCUT2D eigenvalue weighted by molar-refractivity contribution is 7.12. The van der Waals surface area contributed by atoms with Crippen LogP contribution in [-0.4, -0.2) is 41.5 Å². The van der Waals surface area contributed by atoms with Crippen molar-refractivity contribution in [3.8, 4) is 0 Å². The summed E-state index contributed by atoms with van der Waals surface area (Å²) in [5, 5.41) is 4.58. The van der Waals surface area contributed by atoms with Gasteiger partial charge in [-0.05, 0) is 30.5 Å². The van der Waals surface area contributed by atoms with Crippen molar-refractivity contribution in [3.63, 3.8) is 0 Å². The molecule has 1 atom stereocenters. The summed E-state index contributed by atoms with van der Waals surface area (Å²) in [6, 6.07) is 6.03. The Labute approximate surface area is 138 Å². The van der Waals surface area contributed by atoms with Crippen LogP contribution in [-0.2, 0) is 16.1 Å². The molecule has 6 nitrogen and oxygen atoms in total. The van der Waals surface area contributed by atoms with Gasteiger partial charge in [-0.25, -0.2) is 4.79 Å². The zero-order chi connectivity index (χ0) is 16.4. The predicted octanol–water partition coefficient (Wildman–Crippen LogP) is 2.35. The fraction of sp³-hybridized carbons (Fsp3) is 0.375. The third-order valence-corrected chi connectivity index (χ3v) is 5.02. The highest BCUT2D eigenvalue weighted by Crippen LogP contribution is 2.26. The number of thiophene rings is 1. The van der Waals surface area contributed by atoms with Gasteiger partial charge in [-0.2, -0.15) is 0 Å². The van der Waals surface area contributed by atoms with Crippen LogP contribution in [0.3, 0.4) is 0 Å². The van der Waals surface area contributed by atoms with E-state index in [-0.39, 0.29) is 11.9 Å². The van der Waals surface area contributed by atoms with Crippen LogP contribution in [0.25, 0.3) is 0 Å². The Morgan fingerprint density at radius 1 is 1.39 bits per heavy atom. The molecule has 1 aliphatic rings. The summed E-state index contributed by atoms with van der Waals surface area (Å²) in [5.41, 5.74) is 1.73. The lowest BCUT2D eigenvalue weighted by Gasteiger charge is -2.34. The molecule has 2 aromatic heterocycles. The number of esters is 1. The van der Waals surface area contributed by atoms with Crippen molar-refractivity contribution in [1.29, 1.82) is 0 Å². The average Bonchev–Trinajstić information content (AvgIpc) is 3.18. The minimum absolute atomic E-state index is 0.125. The monoisotopic (exact) mass is 333 g/mol. The van der Waals surface area contributed by atoms with Crippen molar-refractivity contribution in [2.75, 3.05) is 25.5 Å². The van der Waals surface area contributed by atoms with Gasteiger partial charge in [0, 0.05) is 31.0 Å². The smallest absolute Gasteiger partial charge is 0.350 e. The molecule has 2 aromatic rings.